The molecule has 2 aliphatic carbocycles. The van der Waals surface area contributed by atoms with Gasteiger partial charge in [-0.1, -0.05) is 167 Å². The van der Waals surface area contributed by atoms with E-state index in [4.69, 9.17) is 4.42 Å². The summed E-state index contributed by atoms with van der Waals surface area (Å²) in [5.41, 5.74) is 25.3. The van der Waals surface area contributed by atoms with E-state index in [1.807, 2.05) is 0 Å². The highest BCUT2D eigenvalue weighted by Crippen LogP contribution is 2.52. The van der Waals surface area contributed by atoms with Crippen LogP contribution in [0.25, 0.3) is 27.7 Å². The van der Waals surface area contributed by atoms with Crippen molar-refractivity contribution < 1.29 is 4.42 Å². The van der Waals surface area contributed by atoms with Crippen LogP contribution in [0.2, 0.25) is 0 Å². The first-order chi connectivity index (χ1) is 31.9. The third-order valence-electron chi connectivity index (χ3n) is 15.6. The maximum Gasteiger partial charge on any atom is 0.252 e. The second-order valence-corrected chi connectivity index (χ2v) is 23.3. The largest absolute Gasteiger partial charge is 0.460 e. The van der Waals surface area contributed by atoms with Crippen molar-refractivity contribution in [2.24, 2.45) is 0 Å². The lowest BCUT2D eigenvalue weighted by molar-refractivity contribution is 0.545. The molecule has 0 fully saturated rings. The van der Waals surface area contributed by atoms with Crippen molar-refractivity contribution in [2.45, 2.75) is 111 Å². The molecule has 0 atom stereocenters. The Hall–Kier alpha value is -6.52. The quantitative estimate of drug-likeness (QED) is 0.165. The zero-order chi connectivity index (χ0) is 46.5. The van der Waals surface area contributed by atoms with E-state index in [9.17, 15) is 0 Å². The molecule has 2 aliphatic heterocycles. The zero-order valence-corrected chi connectivity index (χ0v) is 41.2. The summed E-state index contributed by atoms with van der Waals surface area (Å²) in [6, 6.07) is 53.9. The molecule has 3 nitrogen and oxygen atoms in total. The fraction of sp³-hybridized carbons (Fsp3) is 0.270. The average Bonchev–Trinajstić information content (AvgIpc) is 3.79. The lowest BCUT2D eigenvalue weighted by Crippen LogP contribution is -2.61. The Morgan fingerprint density at radius 1 is 0.522 bits per heavy atom. The minimum Gasteiger partial charge on any atom is -0.460 e. The number of para-hydroxylation sites is 1. The third-order valence-corrected chi connectivity index (χ3v) is 15.6. The lowest BCUT2D eigenvalue weighted by atomic mass is 9.33. The molecular weight excluding hydrogens is 812 g/mol. The van der Waals surface area contributed by atoms with Crippen LogP contribution in [0.4, 0.5) is 34.1 Å². The van der Waals surface area contributed by atoms with Gasteiger partial charge in [-0.3, -0.25) is 0 Å². The van der Waals surface area contributed by atoms with E-state index < -0.39 is 0 Å². The molecule has 0 saturated heterocycles. The third kappa shape index (κ3) is 6.31. The van der Waals surface area contributed by atoms with Gasteiger partial charge in [-0.2, -0.15) is 0 Å². The maximum absolute atomic E-state index is 6.43. The van der Waals surface area contributed by atoms with Crippen molar-refractivity contribution in [3.8, 4) is 11.1 Å². The molecule has 4 aliphatic rings. The predicted molar refractivity (Wildman–Crippen MR) is 286 cm³/mol. The summed E-state index contributed by atoms with van der Waals surface area (Å²) in [5, 5.41) is 1.19. The number of furan rings is 1. The lowest BCUT2D eigenvalue weighted by Gasteiger charge is -2.46. The van der Waals surface area contributed by atoms with Gasteiger partial charge in [-0.25, -0.2) is 0 Å². The van der Waals surface area contributed by atoms with E-state index in [0.717, 1.165) is 29.9 Å². The Morgan fingerprint density at radius 2 is 1.09 bits per heavy atom. The van der Waals surface area contributed by atoms with Crippen molar-refractivity contribution in [3.05, 3.63) is 190 Å². The molecule has 12 rings (SSSR count). The summed E-state index contributed by atoms with van der Waals surface area (Å²) in [6.07, 6.45) is 4.31. The van der Waals surface area contributed by atoms with Crippen LogP contribution in [-0.4, -0.2) is 6.71 Å². The van der Waals surface area contributed by atoms with Gasteiger partial charge in [0.2, 0.25) is 0 Å². The van der Waals surface area contributed by atoms with Crippen LogP contribution in [0, 0.1) is 0 Å². The molecule has 4 heteroatoms. The van der Waals surface area contributed by atoms with Crippen LogP contribution in [0.15, 0.2) is 150 Å². The molecule has 3 heterocycles. The molecule has 1 aromatic heterocycles. The Morgan fingerprint density at radius 3 is 1.73 bits per heavy atom. The smallest absolute Gasteiger partial charge is 0.252 e. The van der Waals surface area contributed by atoms with Gasteiger partial charge in [-0.15, -0.1) is 0 Å². The van der Waals surface area contributed by atoms with Crippen molar-refractivity contribution in [1.29, 1.82) is 0 Å². The summed E-state index contributed by atoms with van der Waals surface area (Å²) in [7, 11) is 0. The SMILES string of the molecule is CC(C)(C)c1ccc2c(c1)B1c3cc(C(C)(C)C)ccc3N(c3ccc4c(c3)C(C)(C)c3ccccc3-4)c3cc(C(C)(C)C)cc(c31)N2c1ccc(C2=CCCc3oc4ccccc4c32)cc1. The fourth-order valence-electron chi connectivity index (χ4n) is 11.8. The van der Waals surface area contributed by atoms with Gasteiger partial charge in [0.25, 0.3) is 6.71 Å². The number of aryl methyl sites for hydroxylation is 1. The number of benzene rings is 7. The molecule has 0 saturated carbocycles. The van der Waals surface area contributed by atoms with E-state index in [1.54, 1.807) is 0 Å². The van der Waals surface area contributed by atoms with Gasteiger partial charge in [0.1, 0.15) is 11.3 Å². The van der Waals surface area contributed by atoms with E-state index in [-0.39, 0.29) is 28.4 Å². The van der Waals surface area contributed by atoms with E-state index in [0.29, 0.717) is 0 Å². The van der Waals surface area contributed by atoms with Gasteiger partial charge in [0.15, 0.2) is 0 Å². The van der Waals surface area contributed by atoms with Crippen LogP contribution in [0.1, 0.15) is 127 Å². The number of nitrogens with zero attached hydrogens (tertiary/aromatic N) is 2. The number of hydrogen-bond donors (Lipinski definition) is 0. The number of anilines is 6. The molecule has 7 aromatic carbocycles. The zero-order valence-electron chi connectivity index (χ0n) is 41.2. The molecule has 0 radical (unpaired) electrons. The molecule has 0 unspecified atom stereocenters. The molecular formula is C63H61BN2O. The Kier molecular flexibility index (Phi) is 8.91. The second kappa shape index (κ2) is 14.3. The first-order valence-electron chi connectivity index (χ1n) is 24.5. The molecule has 8 aromatic rings. The summed E-state index contributed by atoms with van der Waals surface area (Å²) in [5.74, 6) is 1.09. The van der Waals surface area contributed by atoms with Crippen LogP contribution >= 0.6 is 0 Å². The van der Waals surface area contributed by atoms with E-state index in [1.165, 1.54) is 106 Å². The molecule has 0 amide bonds. The van der Waals surface area contributed by atoms with Gasteiger partial charge in [0.05, 0.1) is 0 Å². The minimum absolute atomic E-state index is 0.0238. The Labute approximate surface area is 398 Å². The van der Waals surface area contributed by atoms with Crippen molar-refractivity contribution >= 4 is 73.8 Å². The van der Waals surface area contributed by atoms with Crippen molar-refractivity contribution in [2.75, 3.05) is 9.80 Å². The normalized spacial score (nSPS) is 15.7. The highest BCUT2D eigenvalue weighted by atomic mass is 16.3. The van der Waals surface area contributed by atoms with Crippen molar-refractivity contribution in [1.82, 2.24) is 0 Å². The minimum atomic E-state index is -0.128. The van der Waals surface area contributed by atoms with Crippen LogP contribution < -0.4 is 26.2 Å². The van der Waals surface area contributed by atoms with Gasteiger partial charge < -0.3 is 14.2 Å². The first-order valence-corrected chi connectivity index (χ1v) is 24.5. The van der Waals surface area contributed by atoms with E-state index in [2.05, 4.69) is 232 Å². The first kappa shape index (κ1) is 41.9. The summed E-state index contributed by atoms with van der Waals surface area (Å²) < 4.78 is 6.43. The summed E-state index contributed by atoms with van der Waals surface area (Å²) >= 11 is 0. The maximum atomic E-state index is 6.43. The summed E-state index contributed by atoms with van der Waals surface area (Å²) in [6.45, 7) is 26.0. The predicted octanol–water partition coefficient (Wildman–Crippen LogP) is 15.1. The number of hydrogen-bond acceptors (Lipinski definition) is 3. The van der Waals surface area contributed by atoms with Crippen LogP contribution in [-0.2, 0) is 28.1 Å². The van der Waals surface area contributed by atoms with Crippen LogP contribution in [0.3, 0.4) is 0 Å². The van der Waals surface area contributed by atoms with Gasteiger partial charge in [-0.05, 0) is 144 Å². The topological polar surface area (TPSA) is 19.6 Å². The Bertz CT molecular complexity index is 3400. The standard InChI is InChI=1S/C63H61BN2O/c1-60(2,3)39-25-31-52-50(33-39)64-51-34-40(61(4,5)6)26-32-53(51)66(43-29-30-46-45-17-12-14-20-48(45)63(10,11)49(46)37-43)55-36-41(62(7,8)9)35-54(59(55)64)65(52)42-27-23-38(24-28-42)44-19-16-22-57-58(44)47-18-13-15-21-56(47)67-57/h12-15,17-21,23-37H,16,22H2,1-11H3. The number of rotatable bonds is 3. The van der Waals surface area contributed by atoms with Gasteiger partial charge in [0, 0.05) is 56.9 Å². The monoisotopic (exact) mass is 872 g/mol. The molecule has 0 N–H and O–H groups in total. The fourth-order valence-corrected chi connectivity index (χ4v) is 11.8. The van der Waals surface area contributed by atoms with Crippen LogP contribution in [0.5, 0.6) is 0 Å². The number of allylic oxidation sites excluding steroid dienone is 1. The molecule has 0 spiro atoms. The van der Waals surface area contributed by atoms with Gasteiger partial charge >= 0.3 is 0 Å². The van der Waals surface area contributed by atoms with Crippen molar-refractivity contribution in [3.63, 3.8) is 0 Å². The Balaban J connectivity index is 1.11. The molecule has 67 heavy (non-hydrogen) atoms. The second-order valence-electron chi connectivity index (χ2n) is 23.3. The highest BCUT2D eigenvalue weighted by molar-refractivity contribution is 7.00. The van der Waals surface area contributed by atoms with E-state index >= 15 is 0 Å². The number of fused-ring (bicyclic) bond motifs is 10. The summed E-state index contributed by atoms with van der Waals surface area (Å²) in [4.78, 5) is 5.21. The molecule has 0 bridgehead atoms. The molecule has 332 valence electrons. The highest BCUT2D eigenvalue weighted by Gasteiger charge is 2.46. The average molecular weight is 873 g/mol.